The number of rotatable bonds is 4. The highest BCUT2D eigenvalue weighted by atomic mass is 32.1. The molecule has 72 valence electrons. The molecule has 0 amide bonds. The van der Waals surface area contributed by atoms with E-state index in [4.69, 9.17) is 0 Å². The largest absolute Gasteiger partial charge is 0.468 e. The van der Waals surface area contributed by atoms with Crippen molar-refractivity contribution >= 4 is 17.3 Å². The van der Waals surface area contributed by atoms with Crippen LogP contribution in [0.3, 0.4) is 0 Å². The molecule has 1 aromatic rings. The van der Waals surface area contributed by atoms with Gasteiger partial charge in [-0.2, -0.15) is 0 Å². The zero-order chi connectivity index (χ0) is 9.68. The van der Waals surface area contributed by atoms with Crippen molar-refractivity contribution in [3.05, 3.63) is 21.9 Å². The molecule has 4 heteroatoms. The summed E-state index contributed by atoms with van der Waals surface area (Å²) in [5, 5.41) is 3.00. The number of hydrogen-bond acceptors (Lipinski definition) is 4. The van der Waals surface area contributed by atoms with Gasteiger partial charge in [0.15, 0.2) is 0 Å². The number of thiophene rings is 1. The SMILES string of the molecule is COC(=O)CNCc1ccc(C)s1. The van der Waals surface area contributed by atoms with E-state index in [2.05, 4.69) is 29.1 Å². The molecule has 1 heterocycles. The van der Waals surface area contributed by atoms with Crippen molar-refractivity contribution in [3.63, 3.8) is 0 Å². The Kier molecular flexibility index (Phi) is 3.92. The number of hydrogen-bond donors (Lipinski definition) is 1. The van der Waals surface area contributed by atoms with Crippen LogP contribution in [0.2, 0.25) is 0 Å². The van der Waals surface area contributed by atoms with Crippen molar-refractivity contribution in [2.24, 2.45) is 0 Å². The smallest absolute Gasteiger partial charge is 0.319 e. The number of esters is 1. The standard InChI is InChI=1S/C9H13NO2S/c1-7-3-4-8(13-7)5-10-6-9(11)12-2/h3-4,10H,5-6H2,1-2H3. The molecule has 0 spiro atoms. The molecule has 0 saturated carbocycles. The Morgan fingerprint density at radius 2 is 2.38 bits per heavy atom. The predicted molar refractivity (Wildman–Crippen MR) is 52.8 cm³/mol. The highest BCUT2D eigenvalue weighted by Gasteiger charge is 2.00. The van der Waals surface area contributed by atoms with Gasteiger partial charge in [-0.25, -0.2) is 0 Å². The zero-order valence-corrected chi connectivity index (χ0v) is 8.61. The third kappa shape index (κ3) is 3.57. The van der Waals surface area contributed by atoms with Crippen LogP contribution in [0.25, 0.3) is 0 Å². The van der Waals surface area contributed by atoms with Gasteiger partial charge in [0.25, 0.3) is 0 Å². The second kappa shape index (κ2) is 4.99. The van der Waals surface area contributed by atoms with Crippen molar-refractivity contribution in [2.45, 2.75) is 13.5 Å². The first-order chi connectivity index (χ1) is 6.22. The van der Waals surface area contributed by atoms with Gasteiger partial charge in [0, 0.05) is 16.3 Å². The van der Waals surface area contributed by atoms with Gasteiger partial charge < -0.3 is 10.1 Å². The van der Waals surface area contributed by atoms with Crippen LogP contribution in [0, 0.1) is 6.92 Å². The summed E-state index contributed by atoms with van der Waals surface area (Å²) in [6.45, 7) is 3.07. The van der Waals surface area contributed by atoms with E-state index >= 15 is 0 Å². The van der Waals surface area contributed by atoms with Gasteiger partial charge >= 0.3 is 5.97 Å². The second-order valence-electron chi connectivity index (χ2n) is 2.69. The summed E-state index contributed by atoms with van der Waals surface area (Å²) in [7, 11) is 1.39. The van der Waals surface area contributed by atoms with Gasteiger partial charge in [-0.15, -0.1) is 11.3 Å². The summed E-state index contributed by atoms with van der Waals surface area (Å²) in [5.74, 6) is -0.228. The zero-order valence-electron chi connectivity index (χ0n) is 7.79. The van der Waals surface area contributed by atoms with E-state index in [1.807, 2.05) is 0 Å². The quantitative estimate of drug-likeness (QED) is 0.743. The Morgan fingerprint density at radius 1 is 1.62 bits per heavy atom. The fraction of sp³-hybridized carbons (Fsp3) is 0.444. The Labute approximate surface area is 81.7 Å². The van der Waals surface area contributed by atoms with Gasteiger partial charge in [-0.1, -0.05) is 0 Å². The Morgan fingerprint density at radius 3 is 2.92 bits per heavy atom. The molecule has 0 aliphatic heterocycles. The number of nitrogens with one attached hydrogen (secondary N) is 1. The molecule has 0 aromatic carbocycles. The monoisotopic (exact) mass is 199 g/mol. The number of carbonyl (C=O) groups excluding carboxylic acids is 1. The van der Waals surface area contributed by atoms with Gasteiger partial charge in [-0.05, 0) is 19.1 Å². The highest BCUT2D eigenvalue weighted by molar-refractivity contribution is 7.11. The molecule has 13 heavy (non-hydrogen) atoms. The fourth-order valence-electron chi connectivity index (χ4n) is 0.940. The summed E-state index contributed by atoms with van der Waals surface area (Å²) in [6.07, 6.45) is 0. The molecular formula is C9H13NO2S. The lowest BCUT2D eigenvalue weighted by molar-refractivity contribution is -0.139. The summed E-state index contributed by atoms with van der Waals surface area (Å²) in [6, 6.07) is 4.13. The molecular weight excluding hydrogens is 186 g/mol. The molecule has 0 unspecified atom stereocenters. The number of aryl methyl sites for hydroxylation is 1. The van der Waals surface area contributed by atoms with Crippen LogP contribution in [0.1, 0.15) is 9.75 Å². The van der Waals surface area contributed by atoms with Crippen molar-refractivity contribution in [3.8, 4) is 0 Å². The molecule has 0 radical (unpaired) electrons. The Balaban J connectivity index is 2.24. The number of ether oxygens (including phenoxy) is 1. The molecule has 0 saturated heterocycles. The molecule has 1 rings (SSSR count). The van der Waals surface area contributed by atoms with Crippen LogP contribution in [0.4, 0.5) is 0 Å². The molecule has 0 atom stereocenters. The molecule has 1 N–H and O–H groups in total. The van der Waals surface area contributed by atoms with E-state index in [-0.39, 0.29) is 12.5 Å². The maximum Gasteiger partial charge on any atom is 0.319 e. The maximum absolute atomic E-state index is 10.7. The molecule has 0 aliphatic carbocycles. The lowest BCUT2D eigenvalue weighted by Crippen LogP contribution is -2.22. The van der Waals surface area contributed by atoms with E-state index in [0.29, 0.717) is 0 Å². The fourth-order valence-corrected chi connectivity index (χ4v) is 1.80. The third-order valence-corrected chi connectivity index (χ3v) is 2.59. The van der Waals surface area contributed by atoms with Gasteiger partial charge in [0.1, 0.15) is 0 Å². The maximum atomic E-state index is 10.7. The normalized spacial score (nSPS) is 10.0. The van der Waals surface area contributed by atoms with E-state index in [1.165, 1.54) is 16.9 Å². The second-order valence-corrected chi connectivity index (χ2v) is 4.06. The topological polar surface area (TPSA) is 38.3 Å². The minimum Gasteiger partial charge on any atom is -0.468 e. The minimum absolute atomic E-state index is 0.228. The van der Waals surface area contributed by atoms with Gasteiger partial charge in [-0.3, -0.25) is 4.79 Å². The van der Waals surface area contributed by atoms with Crippen LogP contribution in [0.5, 0.6) is 0 Å². The number of methoxy groups -OCH3 is 1. The lowest BCUT2D eigenvalue weighted by Gasteiger charge is -2.00. The van der Waals surface area contributed by atoms with Crippen LogP contribution in [-0.4, -0.2) is 19.6 Å². The van der Waals surface area contributed by atoms with E-state index < -0.39 is 0 Å². The van der Waals surface area contributed by atoms with Crippen molar-refractivity contribution < 1.29 is 9.53 Å². The summed E-state index contributed by atoms with van der Waals surface area (Å²) >= 11 is 1.73. The Hall–Kier alpha value is -0.870. The van der Waals surface area contributed by atoms with Crippen molar-refractivity contribution in [1.29, 1.82) is 0 Å². The summed E-state index contributed by atoms with van der Waals surface area (Å²) < 4.78 is 4.50. The van der Waals surface area contributed by atoms with E-state index in [9.17, 15) is 4.79 Å². The van der Waals surface area contributed by atoms with Crippen LogP contribution in [-0.2, 0) is 16.1 Å². The number of carbonyl (C=O) groups is 1. The minimum atomic E-state index is -0.228. The summed E-state index contributed by atoms with van der Waals surface area (Å²) in [5.41, 5.74) is 0. The average Bonchev–Trinajstić information content (AvgIpc) is 2.51. The van der Waals surface area contributed by atoms with Gasteiger partial charge in [0.05, 0.1) is 13.7 Å². The van der Waals surface area contributed by atoms with E-state index in [0.717, 1.165) is 6.54 Å². The first kappa shape index (κ1) is 10.2. The molecule has 1 aromatic heterocycles. The van der Waals surface area contributed by atoms with Crippen LogP contribution >= 0.6 is 11.3 Å². The lowest BCUT2D eigenvalue weighted by atomic mass is 10.4. The summed E-state index contributed by atoms with van der Waals surface area (Å²) in [4.78, 5) is 13.3. The highest BCUT2D eigenvalue weighted by Crippen LogP contribution is 2.14. The van der Waals surface area contributed by atoms with Crippen molar-refractivity contribution in [2.75, 3.05) is 13.7 Å². The van der Waals surface area contributed by atoms with Gasteiger partial charge in [0.2, 0.25) is 0 Å². The first-order valence-corrected chi connectivity index (χ1v) is 4.87. The average molecular weight is 199 g/mol. The molecule has 0 aliphatic rings. The molecule has 0 fully saturated rings. The molecule has 3 nitrogen and oxygen atoms in total. The first-order valence-electron chi connectivity index (χ1n) is 4.05. The third-order valence-electron chi connectivity index (χ3n) is 1.59. The van der Waals surface area contributed by atoms with Crippen molar-refractivity contribution in [1.82, 2.24) is 5.32 Å². The molecule has 0 bridgehead atoms. The van der Waals surface area contributed by atoms with E-state index in [1.54, 1.807) is 11.3 Å². The predicted octanol–water partition coefficient (Wildman–Crippen LogP) is 1.32. The Bertz CT molecular complexity index is 283. The van der Waals surface area contributed by atoms with Crippen LogP contribution in [0.15, 0.2) is 12.1 Å². The van der Waals surface area contributed by atoms with Crippen LogP contribution < -0.4 is 5.32 Å².